The van der Waals surface area contributed by atoms with Crippen molar-refractivity contribution in [1.29, 1.82) is 0 Å². The van der Waals surface area contributed by atoms with Crippen LogP contribution in [0.1, 0.15) is 19.4 Å². The van der Waals surface area contributed by atoms with E-state index < -0.39 is 0 Å². The third-order valence-electron chi connectivity index (χ3n) is 2.52. The SMILES string of the molecule is CC(C)CNC(=O)COc1c(Br)cccc1CCN. The molecule has 0 aliphatic heterocycles. The standard InChI is InChI=1S/C14H21BrN2O2/c1-10(2)8-17-13(18)9-19-14-11(6-7-16)4-3-5-12(14)15/h3-5,10H,6-9,16H2,1-2H3,(H,17,18). The molecule has 0 fully saturated rings. The van der Waals surface area contributed by atoms with Crippen molar-refractivity contribution in [3.8, 4) is 5.75 Å². The van der Waals surface area contributed by atoms with E-state index in [1.54, 1.807) is 0 Å². The van der Waals surface area contributed by atoms with E-state index in [2.05, 4.69) is 21.2 Å². The highest BCUT2D eigenvalue weighted by Gasteiger charge is 2.10. The molecule has 106 valence electrons. The lowest BCUT2D eigenvalue weighted by Crippen LogP contribution is -2.31. The summed E-state index contributed by atoms with van der Waals surface area (Å²) in [6, 6.07) is 5.78. The van der Waals surface area contributed by atoms with Gasteiger partial charge in [0.25, 0.3) is 5.91 Å². The second-order valence-corrected chi connectivity index (χ2v) is 5.61. The third kappa shape index (κ3) is 5.61. The van der Waals surface area contributed by atoms with Crippen LogP contribution >= 0.6 is 15.9 Å². The molecule has 0 aromatic heterocycles. The molecule has 0 saturated carbocycles. The molecule has 0 saturated heterocycles. The van der Waals surface area contributed by atoms with Crippen LogP contribution in [0.25, 0.3) is 0 Å². The van der Waals surface area contributed by atoms with Gasteiger partial charge in [-0.25, -0.2) is 0 Å². The Labute approximate surface area is 122 Å². The van der Waals surface area contributed by atoms with E-state index in [-0.39, 0.29) is 12.5 Å². The van der Waals surface area contributed by atoms with Gasteiger partial charge in [-0.2, -0.15) is 0 Å². The first kappa shape index (κ1) is 16.0. The number of carbonyl (C=O) groups excluding carboxylic acids is 1. The molecule has 3 N–H and O–H groups in total. The number of nitrogens with one attached hydrogen (secondary N) is 1. The fraction of sp³-hybridized carbons (Fsp3) is 0.500. The molecule has 1 amide bonds. The minimum absolute atomic E-state index is 0.0207. The Hall–Kier alpha value is -1.07. The number of hydrogen-bond acceptors (Lipinski definition) is 3. The van der Waals surface area contributed by atoms with Crippen molar-refractivity contribution < 1.29 is 9.53 Å². The van der Waals surface area contributed by atoms with E-state index >= 15 is 0 Å². The van der Waals surface area contributed by atoms with Gasteiger partial charge in [-0.1, -0.05) is 26.0 Å². The third-order valence-corrected chi connectivity index (χ3v) is 3.14. The van der Waals surface area contributed by atoms with Gasteiger partial charge < -0.3 is 15.8 Å². The van der Waals surface area contributed by atoms with Crippen LogP contribution in [0.4, 0.5) is 0 Å². The van der Waals surface area contributed by atoms with Crippen molar-refractivity contribution in [2.24, 2.45) is 11.7 Å². The Morgan fingerprint density at radius 3 is 2.84 bits per heavy atom. The van der Waals surface area contributed by atoms with Crippen molar-refractivity contribution in [2.45, 2.75) is 20.3 Å². The molecule has 0 bridgehead atoms. The number of halogens is 1. The lowest BCUT2D eigenvalue weighted by molar-refractivity contribution is -0.123. The number of hydrogen-bond donors (Lipinski definition) is 2. The van der Waals surface area contributed by atoms with E-state index in [0.717, 1.165) is 16.5 Å². The number of carbonyl (C=O) groups is 1. The summed E-state index contributed by atoms with van der Waals surface area (Å²) in [6.45, 7) is 5.33. The second kappa shape index (κ2) is 8.17. The smallest absolute Gasteiger partial charge is 0.257 e. The largest absolute Gasteiger partial charge is 0.482 e. The Balaban J connectivity index is 2.59. The molecule has 0 spiro atoms. The normalized spacial score (nSPS) is 10.6. The maximum Gasteiger partial charge on any atom is 0.257 e. The summed E-state index contributed by atoms with van der Waals surface area (Å²) in [4.78, 5) is 11.6. The molecule has 5 heteroatoms. The van der Waals surface area contributed by atoms with Crippen molar-refractivity contribution in [2.75, 3.05) is 19.7 Å². The summed E-state index contributed by atoms with van der Waals surface area (Å²) >= 11 is 3.43. The Bertz CT molecular complexity index is 422. The van der Waals surface area contributed by atoms with E-state index in [1.807, 2.05) is 32.0 Å². The van der Waals surface area contributed by atoms with Gasteiger partial charge in [0, 0.05) is 6.54 Å². The lowest BCUT2D eigenvalue weighted by Gasteiger charge is -2.13. The zero-order chi connectivity index (χ0) is 14.3. The molecule has 4 nitrogen and oxygen atoms in total. The molecule has 1 aromatic carbocycles. The minimum atomic E-state index is -0.108. The summed E-state index contributed by atoms with van der Waals surface area (Å²) in [5, 5.41) is 2.82. The van der Waals surface area contributed by atoms with Gasteiger partial charge in [-0.3, -0.25) is 4.79 Å². The number of benzene rings is 1. The van der Waals surface area contributed by atoms with Gasteiger partial charge in [0.1, 0.15) is 5.75 Å². The second-order valence-electron chi connectivity index (χ2n) is 4.75. The van der Waals surface area contributed by atoms with Crippen LogP contribution in [0.5, 0.6) is 5.75 Å². The molecular weight excluding hydrogens is 308 g/mol. The zero-order valence-corrected chi connectivity index (χ0v) is 13.0. The first-order chi connectivity index (χ1) is 9.04. The van der Waals surface area contributed by atoms with Crippen molar-refractivity contribution in [3.63, 3.8) is 0 Å². The summed E-state index contributed by atoms with van der Waals surface area (Å²) in [5.41, 5.74) is 6.57. The van der Waals surface area contributed by atoms with Gasteiger partial charge in [0.15, 0.2) is 6.61 Å². The van der Waals surface area contributed by atoms with E-state index in [0.29, 0.717) is 24.8 Å². The predicted molar refractivity (Wildman–Crippen MR) is 80.2 cm³/mol. The number of ether oxygens (including phenoxy) is 1. The Morgan fingerprint density at radius 2 is 2.21 bits per heavy atom. The summed E-state index contributed by atoms with van der Waals surface area (Å²) in [7, 11) is 0. The Morgan fingerprint density at radius 1 is 1.47 bits per heavy atom. The first-order valence-electron chi connectivity index (χ1n) is 6.41. The topological polar surface area (TPSA) is 64.3 Å². The zero-order valence-electron chi connectivity index (χ0n) is 11.4. The van der Waals surface area contributed by atoms with Gasteiger partial charge >= 0.3 is 0 Å². The average molecular weight is 329 g/mol. The molecule has 1 rings (SSSR count). The fourth-order valence-electron chi connectivity index (χ4n) is 1.57. The van der Waals surface area contributed by atoms with E-state index in [9.17, 15) is 4.79 Å². The van der Waals surface area contributed by atoms with Crippen LogP contribution in [0.2, 0.25) is 0 Å². The highest BCUT2D eigenvalue weighted by molar-refractivity contribution is 9.10. The molecule has 0 heterocycles. The van der Waals surface area contributed by atoms with Gasteiger partial charge in [-0.15, -0.1) is 0 Å². The average Bonchev–Trinajstić information content (AvgIpc) is 2.36. The molecule has 0 atom stereocenters. The fourth-order valence-corrected chi connectivity index (χ4v) is 2.10. The molecule has 0 unspecified atom stereocenters. The van der Waals surface area contributed by atoms with Crippen LogP contribution in [0.3, 0.4) is 0 Å². The molecule has 0 aliphatic rings. The molecule has 1 aromatic rings. The number of amides is 1. The number of rotatable bonds is 7. The highest BCUT2D eigenvalue weighted by atomic mass is 79.9. The quantitative estimate of drug-likeness (QED) is 0.805. The van der Waals surface area contributed by atoms with Crippen molar-refractivity contribution >= 4 is 21.8 Å². The molecule has 0 radical (unpaired) electrons. The van der Waals surface area contributed by atoms with Crippen LogP contribution < -0.4 is 15.8 Å². The highest BCUT2D eigenvalue weighted by Crippen LogP contribution is 2.29. The van der Waals surface area contributed by atoms with Crippen LogP contribution in [0.15, 0.2) is 22.7 Å². The number of nitrogens with two attached hydrogens (primary N) is 1. The van der Waals surface area contributed by atoms with Gasteiger partial charge in [-0.05, 0) is 46.4 Å². The van der Waals surface area contributed by atoms with Crippen molar-refractivity contribution in [1.82, 2.24) is 5.32 Å². The maximum absolute atomic E-state index is 11.6. The van der Waals surface area contributed by atoms with Gasteiger partial charge in [0.05, 0.1) is 4.47 Å². The number of para-hydroxylation sites is 1. The van der Waals surface area contributed by atoms with E-state index in [1.165, 1.54) is 0 Å². The monoisotopic (exact) mass is 328 g/mol. The van der Waals surface area contributed by atoms with Crippen LogP contribution in [0, 0.1) is 5.92 Å². The van der Waals surface area contributed by atoms with Crippen LogP contribution in [-0.4, -0.2) is 25.6 Å². The van der Waals surface area contributed by atoms with Crippen LogP contribution in [-0.2, 0) is 11.2 Å². The minimum Gasteiger partial charge on any atom is -0.482 e. The van der Waals surface area contributed by atoms with Crippen molar-refractivity contribution in [3.05, 3.63) is 28.2 Å². The first-order valence-corrected chi connectivity index (χ1v) is 7.20. The van der Waals surface area contributed by atoms with E-state index in [4.69, 9.17) is 10.5 Å². The predicted octanol–water partition coefficient (Wildman–Crippen LogP) is 2.10. The Kier molecular flexibility index (Phi) is 6.87. The lowest BCUT2D eigenvalue weighted by atomic mass is 10.1. The van der Waals surface area contributed by atoms with Gasteiger partial charge in [0.2, 0.25) is 0 Å². The summed E-state index contributed by atoms with van der Waals surface area (Å²) in [6.07, 6.45) is 0.725. The molecular formula is C14H21BrN2O2. The maximum atomic E-state index is 11.6. The molecule has 0 aliphatic carbocycles. The summed E-state index contributed by atoms with van der Waals surface area (Å²) in [5.74, 6) is 1.02. The molecule has 19 heavy (non-hydrogen) atoms. The summed E-state index contributed by atoms with van der Waals surface area (Å²) < 4.78 is 6.44.